The molecule has 73 heavy (non-hydrogen) atoms. The first-order valence-electron chi connectivity index (χ1n) is 31.0. The van der Waals surface area contributed by atoms with E-state index in [1.165, 1.54) is 162 Å². The van der Waals surface area contributed by atoms with E-state index in [2.05, 4.69) is 254 Å². The molecule has 0 amide bonds. The number of benzene rings is 2. The van der Waals surface area contributed by atoms with E-state index in [0.717, 1.165) is 0 Å². The lowest BCUT2D eigenvalue weighted by atomic mass is 9.68. The third-order valence-corrected chi connectivity index (χ3v) is 17.5. The zero-order chi connectivity index (χ0) is 57.7. The lowest BCUT2D eigenvalue weighted by molar-refractivity contribution is 0.126. The van der Waals surface area contributed by atoms with Crippen LogP contribution in [0, 0.1) is 40.9 Å². The molecule has 2 aliphatic rings. The van der Waals surface area contributed by atoms with Crippen LogP contribution >= 0.6 is 0 Å². The minimum atomic E-state index is 0.326. The van der Waals surface area contributed by atoms with E-state index in [-0.39, 0.29) is 0 Å². The summed E-state index contributed by atoms with van der Waals surface area (Å²) >= 11 is 0. The van der Waals surface area contributed by atoms with Crippen LogP contribution in [0.1, 0.15) is 343 Å². The Morgan fingerprint density at radius 3 is 0.959 bits per heavy atom. The first kappa shape index (κ1) is 75.3. The lowest BCUT2D eigenvalue weighted by Gasteiger charge is -2.45. The summed E-state index contributed by atoms with van der Waals surface area (Å²) in [5.74, 6) is 1.15. The van der Waals surface area contributed by atoms with E-state index in [4.69, 9.17) is 0 Å². The van der Waals surface area contributed by atoms with Crippen LogP contribution in [0.5, 0.6) is 0 Å². The SMILES string of the molecule is CC(C)c1cccc(C(C)C)c1N(C)C1(C)CCCCC1.CCC(C)(C)C(C)(C)C.CCC(C)(C)CC.CCCC(C)(C)C.CCCC(C)(C)C.CCCCC.Cc1cccc(C)c1N(C)C1(C)CCCCC1. The molecular formula is C71H138N2. The summed E-state index contributed by atoms with van der Waals surface area (Å²) in [6.45, 7) is 64.0. The molecule has 0 bridgehead atoms. The molecule has 4 rings (SSSR count). The van der Waals surface area contributed by atoms with Gasteiger partial charge in [0.2, 0.25) is 0 Å². The van der Waals surface area contributed by atoms with Crippen LogP contribution in [0.4, 0.5) is 11.4 Å². The van der Waals surface area contributed by atoms with E-state index in [0.29, 0.717) is 50.0 Å². The molecule has 2 fully saturated rings. The van der Waals surface area contributed by atoms with Crippen molar-refractivity contribution in [2.45, 2.75) is 345 Å². The average Bonchev–Trinajstić information content (AvgIpc) is 3.29. The highest BCUT2D eigenvalue weighted by Gasteiger charge is 2.35. The van der Waals surface area contributed by atoms with Crippen molar-refractivity contribution in [3.8, 4) is 0 Å². The molecule has 2 nitrogen and oxygen atoms in total. The molecule has 0 spiro atoms. The van der Waals surface area contributed by atoms with E-state index in [9.17, 15) is 0 Å². The Bertz CT molecular complexity index is 1570. The number of hydrogen-bond donors (Lipinski definition) is 0. The van der Waals surface area contributed by atoms with Crippen LogP contribution in [0.2, 0.25) is 0 Å². The maximum atomic E-state index is 2.62. The Morgan fingerprint density at radius 2 is 0.767 bits per heavy atom. The number of unbranched alkanes of at least 4 members (excludes halogenated alkanes) is 2. The number of aryl methyl sites for hydroxylation is 2. The fourth-order valence-electron chi connectivity index (χ4n) is 9.71. The van der Waals surface area contributed by atoms with Crippen molar-refractivity contribution < 1.29 is 0 Å². The van der Waals surface area contributed by atoms with Crippen molar-refractivity contribution >= 4 is 11.4 Å². The first-order chi connectivity index (χ1) is 33.4. The molecule has 432 valence electrons. The maximum Gasteiger partial charge on any atom is 0.0438 e. The molecule has 0 heterocycles. The van der Waals surface area contributed by atoms with Gasteiger partial charge in [-0.05, 0) is 127 Å². The summed E-state index contributed by atoms with van der Waals surface area (Å²) < 4.78 is 0. The topological polar surface area (TPSA) is 6.48 Å². The summed E-state index contributed by atoms with van der Waals surface area (Å²) in [5, 5.41) is 0. The monoisotopic (exact) mass is 1020 g/mol. The van der Waals surface area contributed by atoms with E-state index in [1.807, 2.05) is 0 Å². The smallest absolute Gasteiger partial charge is 0.0438 e. The van der Waals surface area contributed by atoms with Crippen LogP contribution in [-0.2, 0) is 0 Å². The van der Waals surface area contributed by atoms with Crippen molar-refractivity contribution in [2.24, 2.45) is 27.1 Å². The van der Waals surface area contributed by atoms with Crippen molar-refractivity contribution in [3.63, 3.8) is 0 Å². The summed E-state index contributed by atoms with van der Waals surface area (Å²) in [6.07, 6.45) is 26.9. The molecule has 0 N–H and O–H groups in total. The number of nitrogens with zero attached hydrogens (tertiary/aromatic N) is 2. The van der Waals surface area contributed by atoms with Crippen molar-refractivity contribution in [1.29, 1.82) is 0 Å². The Balaban J connectivity index is -0.000000841. The highest BCUT2D eigenvalue weighted by molar-refractivity contribution is 5.63. The van der Waals surface area contributed by atoms with Gasteiger partial charge in [-0.25, -0.2) is 0 Å². The molecule has 0 atom stereocenters. The number of rotatable bonds is 13. The molecule has 0 radical (unpaired) electrons. The molecule has 2 saturated carbocycles. The van der Waals surface area contributed by atoms with E-state index < -0.39 is 0 Å². The minimum Gasteiger partial charge on any atom is -0.369 e. The summed E-state index contributed by atoms with van der Waals surface area (Å²) in [5.41, 5.74) is 12.1. The zero-order valence-electron chi connectivity index (χ0n) is 56.2. The van der Waals surface area contributed by atoms with E-state index >= 15 is 0 Å². The molecule has 0 saturated heterocycles. The van der Waals surface area contributed by atoms with Crippen LogP contribution in [0.3, 0.4) is 0 Å². The average molecular weight is 1020 g/mol. The number of para-hydroxylation sites is 2. The summed E-state index contributed by atoms with van der Waals surface area (Å²) in [6, 6.07) is 13.5. The van der Waals surface area contributed by atoms with Crippen LogP contribution < -0.4 is 9.80 Å². The lowest BCUT2D eigenvalue weighted by Crippen LogP contribution is -2.46. The van der Waals surface area contributed by atoms with Gasteiger partial charge in [-0.2, -0.15) is 0 Å². The van der Waals surface area contributed by atoms with Crippen molar-refractivity contribution in [2.75, 3.05) is 23.9 Å². The maximum absolute atomic E-state index is 2.62. The van der Waals surface area contributed by atoms with Gasteiger partial charge in [0.25, 0.3) is 0 Å². The van der Waals surface area contributed by atoms with Gasteiger partial charge in [-0.3, -0.25) is 0 Å². The number of anilines is 2. The predicted octanol–water partition coefficient (Wildman–Crippen LogP) is 24.7. The Kier molecular flexibility index (Phi) is 37.3. The van der Waals surface area contributed by atoms with Gasteiger partial charge >= 0.3 is 0 Å². The van der Waals surface area contributed by atoms with Gasteiger partial charge in [0.1, 0.15) is 0 Å². The second-order valence-corrected chi connectivity index (χ2v) is 28.9. The van der Waals surface area contributed by atoms with Gasteiger partial charge in [-0.1, -0.05) is 292 Å². The molecule has 2 aromatic carbocycles. The molecule has 2 heteroatoms. The highest BCUT2D eigenvalue weighted by Crippen LogP contribution is 2.43. The first-order valence-corrected chi connectivity index (χ1v) is 31.0. The van der Waals surface area contributed by atoms with Gasteiger partial charge in [0.15, 0.2) is 0 Å². The van der Waals surface area contributed by atoms with Gasteiger partial charge in [-0.15, -0.1) is 0 Å². The largest absolute Gasteiger partial charge is 0.369 e. The predicted molar refractivity (Wildman–Crippen MR) is 342 cm³/mol. The molecular weight excluding hydrogens is 881 g/mol. The van der Waals surface area contributed by atoms with Crippen molar-refractivity contribution in [3.05, 3.63) is 58.7 Å². The Hall–Kier alpha value is -1.96. The standard InChI is InChI=1S/C20H33N.C16H25N.C9H20.3C7H16.C5H12/c1-15(2)17-11-10-12-18(16(3)4)19(17)21(6)20(5)13-8-7-9-14-20;1-13-9-8-10-14(2)15(13)17(4)16(3)11-6-5-7-12-16;1-7-9(5,6)8(2,3)4;2*1-5-6-7(2,3)4;1-5-7(3,4)6-2;1-3-5-4-2/h10-12,15-16H,7-9,13-14H2,1-6H3;8-10H,5-7,11-12H2,1-4H3;7H2,1-6H3;3*5-6H2,1-4H3;3-5H2,1-2H3. The van der Waals surface area contributed by atoms with Gasteiger partial charge < -0.3 is 9.80 Å². The molecule has 2 aliphatic carbocycles. The van der Waals surface area contributed by atoms with Crippen LogP contribution in [0.15, 0.2) is 36.4 Å². The quantitative estimate of drug-likeness (QED) is 0.197. The van der Waals surface area contributed by atoms with Crippen LogP contribution in [0.25, 0.3) is 0 Å². The molecule has 2 aromatic rings. The van der Waals surface area contributed by atoms with Gasteiger partial charge in [0.05, 0.1) is 0 Å². The van der Waals surface area contributed by atoms with Gasteiger partial charge in [0, 0.05) is 36.5 Å². The third-order valence-electron chi connectivity index (χ3n) is 17.5. The summed E-state index contributed by atoms with van der Waals surface area (Å²) in [7, 11) is 4.61. The fraction of sp³-hybridized carbons (Fsp3) is 0.831. The molecule has 0 aromatic heterocycles. The van der Waals surface area contributed by atoms with Crippen LogP contribution in [-0.4, -0.2) is 25.2 Å². The second-order valence-electron chi connectivity index (χ2n) is 28.9. The minimum absolute atomic E-state index is 0.326. The Labute approximate surface area is 464 Å². The normalized spacial score (nSPS) is 15.5. The fourth-order valence-corrected chi connectivity index (χ4v) is 9.71. The second kappa shape index (κ2) is 36.2. The van der Waals surface area contributed by atoms with Crippen molar-refractivity contribution in [1.82, 2.24) is 0 Å². The zero-order valence-corrected chi connectivity index (χ0v) is 56.2. The summed E-state index contributed by atoms with van der Waals surface area (Å²) in [4.78, 5) is 5.16. The molecule has 0 aliphatic heterocycles. The third kappa shape index (κ3) is 31.1. The highest BCUT2D eigenvalue weighted by atomic mass is 15.2. The Morgan fingerprint density at radius 1 is 0.452 bits per heavy atom. The van der Waals surface area contributed by atoms with E-state index in [1.54, 1.807) is 0 Å². The molecule has 0 unspecified atom stereocenters. The number of hydrogen-bond acceptors (Lipinski definition) is 2.